The summed E-state index contributed by atoms with van der Waals surface area (Å²) in [6.45, 7) is 2.09. The first-order valence-electron chi connectivity index (χ1n) is 4.27. The second kappa shape index (κ2) is 3.05. The molecule has 0 aliphatic heterocycles. The number of hydrogen-bond donors (Lipinski definition) is 0. The van der Waals surface area contributed by atoms with Crippen LogP contribution in [-0.4, -0.2) is 7.11 Å². The fraction of sp³-hybridized carbons (Fsp3) is 0.182. The van der Waals surface area contributed by atoms with Crippen LogP contribution in [0.5, 0.6) is 0 Å². The molecule has 0 bridgehead atoms. The topological polar surface area (TPSA) is 13.1 Å². The van der Waals surface area contributed by atoms with Gasteiger partial charge in [-0.15, -0.1) is 0 Å². The van der Waals surface area contributed by atoms with E-state index in [0.717, 1.165) is 5.52 Å². The lowest BCUT2D eigenvalue weighted by atomic mass is 10.1. The molecule has 0 radical (unpaired) electrons. The summed E-state index contributed by atoms with van der Waals surface area (Å²) in [6, 6.07) is 10.3. The van der Waals surface area contributed by atoms with E-state index in [1.165, 1.54) is 10.9 Å². The Kier molecular flexibility index (Phi) is 1.89. The summed E-state index contributed by atoms with van der Waals surface area (Å²) in [5.41, 5.74) is 2.36. The van der Waals surface area contributed by atoms with Crippen molar-refractivity contribution < 1.29 is 9.57 Å². The number of aryl methyl sites for hydroxylation is 1. The zero-order valence-corrected chi connectivity index (χ0v) is 7.82. The molecule has 0 spiro atoms. The van der Waals surface area contributed by atoms with Gasteiger partial charge in [0.1, 0.15) is 7.11 Å². The lowest BCUT2D eigenvalue weighted by Crippen LogP contribution is -2.40. The lowest BCUT2D eigenvalue weighted by Gasteiger charge is -1.97. The molecule has 0 aliphatic rings. The summed E-state index contributed by atoms with van der Waals surface area (Å²) in [7, 11) is 1.67. The molecule has 1 heterocycles. The maximum atomic E-state index is 5.18. The second-order valence-electron chi connectivity index (χ2n) is 3.08. The number of fused-ring (bicyclic) bond motifs is 1. The van der Waals surface area contributed by atoms with Gasteiger partial charge >= 0.3 is 0 Å². The minimum absolute atomic E-state index is 1.09. The Balaban J connectivity index is 2.77. The van der Waals surface area contributed by atoms with Crippen LogP contribution in [0, 0.1) is 6.92 Å². The van der Waals surface area contributed by atoms with E-state index in [2.05, 4.69) is 31.2 Å². The van der Waals surface area contributed by atoms with Crippen molar-refractivity contribution in [1.82, 2.24) is 0 Å². The van der Waals surface area contributed by atoms with Gasteiger partial charge in [0.15, 0.2) is 0 Å². The Morgan fingerprint density at radius 1 is 1.23 bits per heavy atom. The molecule has 0 fully saturated rings. The molecule has 0 saturated carbocycles. The summed E-state index contributed by atoms with van der Waals surface area (Å²) in [5.74, 6) is 0. The normalized spacial score (nSPS) is 10.3. The maximum Gasteiger partial charge on any atom is 0.264 e. The van der Waals surface area contributed by atoms with E-state index in [0.29, 0.717) is 0 Å². The average molecular weight is 174 g/mol. The van der Waals surface area contributed by atoms with Crippen molar-refractivity contribution >= 4 is 10.9 Å². The average Bonchev–Trinajstić information content (AvgIpc) is 2.16. The molecule has 0 amide bonds. The molecule has 1 aromatic carbocycles. The van der Waals surface area contributed by atoms with Crippen LogP contribution in [0.4, 0.5) is 0 Å². The van der Waals surface area contributed by atoms with Crippen LogP contribution in [0.25, 0.3) is 10.9 Å². The molecular formula is C11H12NO+. The SMILES string of the molecule is CO[n+]1cccc2cc(C)ccc21. The van der Waals surface area contributed by atoms with Crippen LogP contribution in [0.1, 0.15) is 5.56 Å². The molecule has 66 valence electrons. The summed E-state index contributed by atoms with van der Waals surface area (Å²) in [6.07, 6.45) is 1.90. The fourth-order valence-corrected chi connectivity index (χ4v) is 1.47. The van der Waals surface area contributed by atoms with E-state index in [1.807, 2.05) is 12.3 Å². The predicted molar refractivity (Wildman–Crippen MR) is 51.4 cm³/mol. The zero-order valence-electron chi connectivity index (χ0n) is 7.82. The Hall–Kier alpha value is -1.57. The molecule has 2 nitrogen and oxygen atoms in total. The molecule has 2 aromatic rings. The molecule has 2 heteroatoms. The highest BCUT2D eigenvalue weighted by atomic mass is 16.6. The third-order valence-electron chi connectivity index (χ3n) is 2.11. The minimum Gasteiger partial charge on any atom is -0.274 e. The Morgan fingerprint density at radius 2 is 2.08 bits per heavy atom. The van der Waals surface area contributed by atoms with Gasteiger partial charge in [-0.2, -0.15) is 0 Å². The third-order valence-corrected chi connectivity index (χ3v) is 2.11. The van der Waals surface area contributed by atoms with Gasteiger partial charge in [-0.05, 0) is 19.1 Å². The van der Waals surface area contributed by atoms with Crippen molar-refractivity contribution in [3.05, 3.63) is 42.1 Å². The third kappa shape index (κ3) is 1.35. The van der Waals surface area contributed by atoms with Crippen molar-refractivity contribution in [2.75, 3.05) is 7.11 Å². The molecule has 0 unspecified atom stereocenters. The van der Waals surface area contributed by atoms with Gasteiger partial charge in [-0.25, -0.2) is 0 Å². The van der Waals surface area contributed by atoms with Gasteiger partial charge in [0.25, 0.3) is 5.52 Å². The number of aromatic nitrogens is 1. The fourth-order valence-electron chi connectivity index (χ4n) is 1.47. The van der Waals surface area contributed by atoms with Crippen LogP contribution < -0.4 is 9.57 Å². The molecule has 0 aliphatic carbocycles. The van der Waals surface area contributed by atoms with E-state index in [1.54, 1.807) is 11.8 Å². The molecule has 0 saturated heterocycles. The molecule has 2 rings (SSSR count). The Labute approximate surface area is 77.3 Å². The van der Waals surface area contributed by atoms with E-state index in [4.69, 9.17) is 4.84 Å². The van der Waals surface area contributed by atoms with E-state index >= 15 is 0 Å². The van der Waals surface area contributed by atoms with Gasteiger partial charge in [-0.3, -0.25) is 4.84 Å². The van der Waals surface area contributed by atoms with Crippen molar-refractivity contribution in [2.24, 2.45) is 0 Å². The number of rotatable bonds is 1. The Morgan fingerprint density at radius 3 is 2.85 bits per heavy atom. The monoisotopic (exact) mass is 174 g/mol. The van der Waals surface area contributed by atoms with Gasteiger partial charge in [-0.1, -0.05) is 11.6 Å². The molecule has 1 aromatic heterocycles. The predicted octanol–water partition coefficient (Wildman–Crippen LogP) is 1.49. The zero-order chi connectivity index (χ0) is 9.26. The Bertz CT molecular complexity index is 437. The largest absolute Gasteiger partial charge is 0.274 e. The number of benzene rings is 1. The standard InChI is InChI=1S/C11H12NO/c1-9-5-6-11-10(8-9)4-3-7-12(11)13-2/h3-8H,1-2H3/q+1. The smallest absolute Gasteiger partial charge is 0.264 e. The van der Waals surface area contributed by atoms with Crippen molar-refractivity contribution in [2.45, 2.75) is 6.92 Å². The first-order valence-corrected chi connectivity index (χ1v) is 4.27. The van der Waals surface area contributed by atoms with Crippen LogP contribution in [-0.2, 0) is 0 Å². The van der Waals surface area contributed by atoms with Crippen molar-refractivity contribution in [3.63, 3.8) is 0 Å². The molecule has 13 heavy (non-hydrogen) atoms. The highest BCUT2D eigenvalue weighted by molar-refractivity contribution is 5.75. The number of pyridine rings is 1. The summed E-state index contributed by atoms with van der Waals surface area (Å²) in [4.78, 5) is 5.18. The van der Waals surface area contributed by atoms with Crippen LogP contribution >= 0.6 is 0 Å². The molecule has 0 N–H and O–H groups in total. The lowest BCUT2D eigenvalue weighted by molar-refractivity contribution is -0.865. The summed E-state index contributed by atoms with van der Waals surface area (Å²) < 4.78 is 1.76. The van der Waals surface area contributed by atoms with Gasteiger partial charge in [0, 0.05) is 16.9 Å². The maximum absolute atomic E-state index is 5.18. The first-order chi connectivity index (χ1) is 6.31. The van der Waals surface area contributed by atoms with Crippen molar-refractivity contribution in [3.8, 4) is 0 Å². The summed E-state index contributed by atoms with van der Waals surface area (Å²) in [5, 5.41) is 1.20. The number of hydrogen-bond acceptors (Lipinski definition) is 1. The van der Waals surface area contributed by atoms with Gasteiger partial charge in [0.2, 0.25) is 6.20 Å². The van der Waals surface area contributed by atoms with Crippen LogP contribution in [0.2, 0.25) is 0 Å². The quantitative estimate of drug-likeness (QED) is 0.597. The first kappa shape index (κ1) is 8.05. The van der Waals surface area contributed by atoms with Crippen LogP contribution in [0.3, 0.4) is 0 Å². The van der Waals surface area contributed by atoms with E-state index in [-0.39, 0.29) is 0 Å². The van der Waals surface area contributed by atoms with Crippen LogP contribution in [0.15, 0.2) is 36.5 Å². The second-order valence-corrected chi connectivity index (χ2v) is 3.08. The van der Waals surface area contributed by atoms with Gasteiger partial charge in [0.05, 0.1) is 5.39 Å². The van der Waals surface area contributed by atoms with Crippen molar-refractivity contribution in [1.29, 1.82) is 0 Å². The molecular weight excluding hydrogens is 162 g/mol. The van der Waals surface area contributed by atoms with Gasteiger partial charge < -0.3 is 0 Å². The highest BCUT2D eigenvalue weighted by Gasteiger charge is 2.06. The van der Waals surface area contributed by atoms with E-state index in [9.17, 15) is 0 Å². The minimum atomic E-state index is 1.09. The molecule has 0 atom stereocenters. The summed E-state index contributed by atoms with van der Waals surface area (Å²) >= 11 is 0. The van der Waals surface area contributed by atoms with E-state index < -0.39 is 0 Å². The highest BCUT2D eigenvalue weighted by Crippen LogP contribution is 2.10. The number of nitrogens with zero attached hydrogens (tertiary/aromatic N) is 1.